The van der Waals surface area contributed by atoms with Crippen LogP contribution in [0, 0.1) is 6.92 Å². The van der Waals surface area contributed by atoms with Gasteiger partial charge in [-0.1, -0.05) is 0 Å². The van der Waals surface area contributed by atoms with E-state index in [1.54, 1.807) is 19.2 Å². The van der Waals surface area contributed by atoms with Crippen molar-refractivity contribution in [3.05, 3.63) is 29.7 Å². The van der Waals surface area contributed by atoms with E-state index in [1.807, 2.05) is 0 Å². The van der Waals surface area contributed by atoms with Crippen LogP contribution >= 0.6 is 0 Å². The van der Waals surface area contributed by atoms with E-state index in [0.29, 0.717) is 11.2 Å². The summed E-state index contributed by atoms with van der Waals surface area (Å²) in [5, 5.41) is 6.40. The van der Waals surface area contributed by atoms with E-state index in [2.05, 4.69) is 15.4 Å². The molecule has 0 radical (unpaired) electrons. The largest absolute Gasteiger partial charge is 0.319 e. The first-order valence-electron chi connectivity index (χ1n) is 5.56. The van der Waals surface area contributed by atoms with Crippen molar-refractivity contribution in [3.63, 3.8) is 0 Å². The molecular formula is C11H12F4N4. The van der Waals surface area contributed by atoms with Crippen LogP contribution in [0.4, 0.5) is 17.6 Å². The lowest BCUT2D eigenvalue weighted by molar-refractivity contribution is -0.125. The van der Waals surface area contributed by atoms with Crippen molar-refractivity contribution in [2.75, 3.05) is 6.54 Å². The summed E-state index contributed by atoms with van der Waals surface area (Å²) in [6.07, 6.45) is -0.568. The molecule has 1 N–H and O–H groups in total. The third-order valence-corrected chi connectivity index (χ3v) is 2.50. The third-order valence-electron chi connectivity index (χ3n) is 2.50. The molecule has 2 rings (SSSR count). The van der Waals surface area contributed by atoms with Gasteiger partial charge < -0.3 is 5.32 Å². The van der Waals surface area contributed by atoms with Crippen molar-refractivity contribution >= 4 is 5.65 Å². The third kappa shape index (κ3) is 3.19. The molecule has 0 unspecified atom stereocenters. The topological polar surface area (TPSA) is 42.2 Å². The van der Waals surface area contributed by atoms with Crippen molar-refractivity contribution in [1.29, 1.82) is 0 Å². The maximum absolute atomic E-state index is 12.7. The van der Waals surface area contributed by atoms with Crippen molar-refractivity contribution in [2.24, 2.45) is 0 Å². The second-order valence-corrected chi connectivity index (χ2v) is 4.22. The molecule has 0 aliphatic rings. The lowest BCUT2D eigenvalue weighted by Gasteiger charge is -2.15. The molecule has 0 aliphatic heterocycles. The summed E-state index contributed by atoms with van der Waals surface area (Å²) in [4.78, 5) is 4.08. The summed E-state index contributed by atoms with van der Waals surface area (Å²) in [5.74, 6) is -4.03. The van der Waals surface area contributed by atoms with Crippen LogP contribution in [0.2, 0.25) is 0 Å². The Hall–Kier alpha value is -1.70. The minimum atomic E-state index is -4.03. The second kappa shape index (κ2) is 5.12. The summed E-state index contributed by atoms with van der Waals surface area (Å²) in [5.41, 5.74) is 2.00. The van der Waals surface area contributed by atoms with E-state index >= 15 is 0 Å². The zero-order chi connectivity index (χ0) is 14.0. The molecule has 0 aliphatic carbocycles. The summed E-state index contributed by atoms with van der Waals surface area (Å²) < 4.78 is 50.7. The van der Waals surface area contributed by atoms with Gasteiger partial charge in [0.1, 0.15) is 0 Å². The number of hydrogen-bond donors (Lipinski definition) is 1. The Balaban J connectivity index is 1.98. The number of nitrogens with one attached hydrogen (secondary N) is 1. The summed E-state index contributed by atoms with van der Waals surface area (Å²) >= 11 is 0. The van der Waals surface area contributed by atoms with Gasteiger partial charge >= 0.3 is 12.3 Å². The Morgan fingerprint density at radius 3 is 2.84 bits per heavy atom. The van der Waals surface area contributed by atoms with Gasteiger partial charge in [0.25, 0.3) is 0 Å². The summed E-state index contributed by atoms with van der Waals surface area (Å²) in [6.45, 7) is 0.737. The van der Waals surface area contributed by atoms with Crippen molar-refractivity contribution in [2.45, 2.75) is 25.8 Å². The van der Waals surface area contributed by atoms with Crippen molar-refractivity contribution < 1.29 is 17.6 Å². The van der Waals surface area contributed by atoms with Gasteiger partial charge in [-0.05, 0) is 6.92 Å². The minimum absolute atomic E-state index is 0.0180. The normalized spacial score (nSPS) is 12.5. The number of nitrogens with zero attached hydrogens (tertiary/aromatic N) is 3. The van der Waals surface area contributed by atoms with Crippen LogP contribution in [0.15, 0.2) is 18.5 Å². The average Bonchev–Trinajstić information content (AvgIpc) is 2.68. The van der Waals surface area contributed by atoms with E-state index in [-0.39, 0.29) is 6.54 Å². The molecule has 0 atom stereocenters. The maximum Gasteiger partial charge on any atom is 0.319 e. The molecule has 0 bridgehead atoms. The Morgan fingerprint density at radius 2 is 2.16 bits per heavy atom. The number of fused-ring (bicyclic) bond motifs is 1. The number of aryl methyl sites for hydroxylation is 1. The highest BCUT2D eigenvalue weighted by molar-refractivity contribution is 5.38. The first-order valence-corrected chi connectivity index (χ1v) is 5.56. The molecule has 0 spiro atoms. The molecule has 0 fully saturated rings. The van der Waals surface area contributed by atoms with Crippen LogP contribution in [0.3, 0.4) is 0 Å². The van der Waals surface area contributed by atoms with Gasteiger partial charge in [-0.3, -0.25) is 0 Å². The van der Waals surface area contributed by atoms with Crippen LogP contribution in [-0.2, 0) is 6.54 Å². The lowest BCUT2D eigenvalue weighted by Crippen LogP contribution is -2.38. The highest BCUT2D eigenvalue weighted by Gasteiger charge is 2.39. The standard InChI is InChI=1S/C11H12F4N4/c1-7-2-9-17-4-8(5-19(9)18-7)3-16-6-11(14,15)10(12)13/h2,4-5,10,16H,3,6H2,1H3. The molecule has 0 saturated heterocycles. The van der Waals surface area contributed by atoms with Crippen LogP contribution in [0.5, 0.6) is 0 Å². The Labute approximate surface area is 106 Å². The summed E-state index contributed by atoms with van der Waals surface area (Å²) in [7, 11) is 0. The zero-order valence-electron chi connectivity index (χ0n) is 10.1. The molecule has 19 heavy (non-hydrogen) atoms. The molecular weight excluding hydrogens is 264 g/mol. The van der Waals surface area contributed by atoms with Gasteiger partial charge in [0.15, 0.2) is 5.65 Å². The molecule has 104 valence electrons. The van der Waals surface area contributed by atoms with E-state index in [0.717, 1.165) is 5.69 Å². The maximum atomic E-state index is 12.7. The van der Waals surface area contributed by atoms with Crippen molar-refractivity contribution in [1.82, 2.24) is 19.9 Å². The molecule has 0 saturated carbocycles. The first-order chi connectivity index (χ1) is 8.88. The van der Waals surface area contributed by atoms with Gasteiger partial charge in [-0.2, -0.15) is 13.9 Å². The monoisotopic (exact) mass is 276 g/mol. The highest BCUT2D eigenvalue weighted by Crippen LogP contribution is 2.21. The molecule has 8 heteroatoms. The quantitative estimate of drug-likeness (QED) is 0.850. The summed E-state index contributed by atoms with van der Waals surface area (Å²) in [6, 6.07) is 1.77. The zero-order valence-corrected chi connectivity index (χ0v) is 10.1. The van der Waals surface area contributed by atoms with Gasteiger partial charge in [0, 0.05) is 30.6 Å². The van der Waals surface area contributed by atoms with Gasteiger partial charge in [-0.25, -0.2) is 18.3 Å². The Morgan fingerprint density at radius 1 is 1.42 bits per heavy atom. The van der Waals surface area contributed by atoms with Gasteiger partial charge in [0.2, 0.25) is 0 Å². The number of halogens is 4. The SMILES string of the molecule is Cc1cc2ncc(CNCC(F)(F)C(F)F)cn2n1. The Bertz CT molecular complexity index is 567. The van der Waals surface area contributed by atoms with E-state index in [1.165, 1.54) is 10.7 Å². The van der Waals surface area contributed by atoms with E-state index in [4.69, 9.17) is 0 Å². The fourth-order valence-corrected chi connectivity index (χ4v) is 1.58. The van der Waals surface area contributed by atoms with E-state index < -0.39 is 18.9 Å². The molecule has 2 aromatic rings. The number of alkyl halides is 4. The minimum Gasteiger partial charge on any atom is -0.307 e. The number of hydrogen-bond acceptors (Lipinski definition) is 3. The number of rotatable bonds is 5. The van der Waals surface area contributed by atoms with E-state index in [9.17, 15) is 17.6 Å². The van der Waals surface area contributed by atoms with Crippen LogP contribution < -0.4 is 5.32 Å². The fourth-order valence-electron chi connectivity index (χ4n) is 1.58. The average molecular weight is 276 g/mol. The van der Waals surface area contributed by atoms with Crippen molar-refractivity contribution in [3.8, 4) is 0 Å². The predicted molar refractivity (Wildman–Crippen MR) is 60.4 cm³/mol. The van der Waals surface area contributed by atoms with Crippen LogP contribution in [0.25, 0.3) is 5.65 Å². The number of aromatic nitrogens is 3. The smallest absolute Gasteiger partial charge is 0.307 e. The Kier molecular flexibility index (Phi) is 3.70. The highest BCUT2D eigenvalue weighted by atomic mass is 19.3. The second-order valence-electron chi connectivity index (χ2n) is 4.22. The lowest BCUT2D eigenvalue weighted by atomic mass is 10.3. The predicted octanol–water partition coefficient (Wildman–Crippen LogP) is 2.03. The van der Waals surface area contributed by atoms with Crippen LogP contribution in [-0.4, -0.2) is 33.5 Å². The molecule has 2 aromatic heterocycles. The molecule has 0 aromatic carbocycles. The first kappa shape index (κ1) is 13.7. The van der Waals surface area contributed by atoms with Crippen LogP contribution in [0.1, 0.15) is 11.3 Å². The van der Waals surface area contributed by atoms with Gasteiger partial charge in [0.05, 0.1) is 12.2 Å². The molecule has 0 amide bonds. The molecule has 4 nitrogen and oxygen atoms in total. The fraction of sp³-hybridized carbons (Fsp3) is 0.455. The molecule has 2 heterocycles. The van der Waals surface area contributed by atoms with Gasteiger partial charge in [-0.15, -0.1) is 0 Å².